The van der Waals surface area contributed by atoms with E-state index in [9.17, 15) is 14.4 Å². The van der Waals surface area contributed by atoms with Gasteiger partial charge in [-0.15, -0.1) is 0 Å². The van der Waals surface area contributed by atoms with E-state index >= 15 is 0 Å². The molecule has 27 heavy (non-hydrogen) atoms. The van der Waals surface area contributed by atoms with Gasteiger partial charge in [-0.3, -0.25) is 14.4 Å². The highest BCUT2D eigenvalue weighted by Crippen LogP contribution is 2.27. The summed E-state index contributed by atoms with van der Waals surface area (Å²) < 4.78 is 1.77. The molecule has 1 heterocycles. The van der Waals surface area contributed by atoms with Gasteiger partial charge in [0.1, 0.15) is 5.92 Å². The topological polar surface area (TPSA) is 78.5 Å². The molecule has 0 radical (unpaired) electrons. The maximum atomic E-state index is 12.6. The Morgan fingerprint density at radius 2 is 1.81 bits per heavy atom. The van der Waals surface area contributed by atoms with Crippen molar-refractivity contribution in [1.82, 2.24) is 5.32 Å². The molecule has 1 saturated heterocycles. The number of halogens is 2. The van der Waals surface area contributed by atoms with Crippen LogP contribution in [0, 0.1) is 5.92 Å². The fraction of sp³-hybridized carbons (Fsp3) is 0.211. The normalized spacial score (nSPS) is 16.3. The molecule has 2 aromatic rings. The highest BCUT2D eigenvalue weighted by Gasteiger charge is 2.37. The standard InChI is InChI=1S/C19H17Br2N3O3/c20-12-4-6-14(7-5-12)23-17(25)11-22-18(26)16-8-9-24(19(16)27)15-3-1-2-13(21)10-15/h1-7,10,16H,8-9,11H2,(H,22,26)(H,23,25). The molecule has 0 saturated carbocycles. The molecule has 0 spiro atoms. The summed E-state index contributed by atoms with van der Waals surface area (Å²) in [7, 11) is 0. The molecule has 140 valence electrons. The number of anilines is 2. The number of carbonyl (C=O) groups is 3. The lowest BCUT2D eigenvalue weighted by Gasteiger charge is -2.17. The Hall–Kier alpha value is -2.19. The van der Waals surface area contributed by atoms with E-state index in [-0.39, 0.29) is 18.4 Å². The second-order valence-electron chi connectivity index (χ2n) is 6.08. The van der Waals surface area contributed by atoms with Crippen molar-refractivity contribution in [2.45, 2.75) is 6.42 Å². The first-order valence-electron chi connectivity index (χ1n) is 8.34. The Morgan fingerprint density at radius 3 is 2.52 bits per heavy atom. The van der Waals surface area contributed by atoms with Crippen molar-refractivity contribution in [1.29, 1.82) is 0 Å². The zero-order valence-electron chi connectivity index (χ0n) is 14.2. The predicted molar refractivity (Wildman–Crippen MR) is 110 cm³/mol. The second kappa shape index (κ2) is 8.67. The van der Waals surface area contributed by atoms with Crippen LogP contribution in [0.4, 0.5) is 11.4 Å². The zero-order chi connectivity index (χ0) is 19.4. The number of rotatable bonds is 5. The molecule has 0 aromatic heterocycles. The highest BCUT2D eigenvalue weighted by atomic mass is 79.9. The molecule has 2 aromatic carbocycles. The summed E-state index contributed by atoms with van der Waals surface area (Å²) in [5, 5.41) is 5.24. The number of hydrogen-bond acceptors (Lipinski definition) is 3. The van der Waals surface area contributed by atoms with Crippen LogP contribution in [0.25, 0.3) is 0 Å². The van der Waals surface area contributed by atoms with Gasteiger partial charge in [-0.1, -0.05) is 37.9 Å². The van der Waals surface area contributed by atoms with E-state index in [1.165, 1.54) is 0 Å². The van der Waals surface area contributed by atoms with Crippen LogP contribution in [-0.4, -0.2) is 30.8 Å². The largest absolute Gasteiger partial charge is 0.346 e. The van der Waals surface area contributed by atoms with Gasteiger partial charge < -0.3 is 15.5 Å². The summed E-state index contributed by atoms with van der Waals surface area (Å²) in [6.45, 7) is 0.286. The highest BCUT2D eigenvalue weighted by molar-refractivity contribution is 9.10. The smallest absolute Gasteiger partial charge is 0.243 e. The van der Waals surface area contributed by atoms with Crippen LogP contribution in [0.3, 0.4) is 0 Å². The van der Waals surface area contributed by atoms with Crippen molar-refractivity contribution in [2.24, 2.45) is 5.92 Å². The first-order chi connectivity index (χ1) is 12.9. The molecule has 6 nitrogen and oxygen atoms in total. The van der Waals surface area contributed by atoms with Crippen LogP contribution in [0.5, 0.6) is 0 Å². The van der Waals surface area contributed by atoms with Crippen LogP contribution in [-0.2, 0) is 14.4 Å². The molecule has 0 bridgehead atoms. The van der Waals surface area contributed by atoms with E-state index in [1.54, 1.807) is 17.0 Å². The summed E-state index contributed by atoms with van der Waals surface area (Å²) in [5.41, 5.74) is 1.38. The minimum atomic E-state index is -0.774. The van der Waals surface area contributed by atoms with Crippen molar-refractivity contribution in [3.8, 4) is 0 Å². The summed E-state index contributed by atoms with van der Waals surface area (Å²) in [6.07, 6.45) is 0.422. The molecule has 8 heteroatoms. The van der Waals surface area contributed by atoms with Gasteiger partial charge in [0.25, 0.3) is 0 Å². The number of hydrogen-bond donors (Lipinski definition) is 2. The molecule has 3 amide bonds. The number of benzene rings is 2. The Labute approximate surface area is 173 Å². The van der Waals surface area contributed by atoms with Crippen molar-refractivity contribution in [3.05, 3.63) is 57.5 Å². The maximum absolute atomic E-state index is 12.6. The second-order valence-corrected chi connectivity index (χ2v) is 7.92. The van der Waals surface area contributed by atoms with E-state index < -0.39 is 11.8 Å². The molecule has 0 aliphatic carbocycles. The Balaban J connectivity index is 1.53. The molecule has 1 fully saturated rings. The average molecular weight is 495 g/mol. The van der Waals surface area contributed by atoms with E-state index in [2.05, 4.69) is 42.5 Å². The lowest BCUT2D eigenvalue weighted by molar-refractivity contribution is -0.133. The van der Waals surface area contributed by atoms with Gasteiger partial charge >= 0.3 is 0 Å². The summed E-state index contributed by atoms with van der Waals surface area (Å²) in [6, 6.07) is 14.5. The maximum Gasteiger partial charge on any atom is 0.243 e. The third-order valence-electron chi connectivity index (χ3n) is 4.19. The number of carbonyl (C=O) groups excluding carboxylic acids is 3. The molecule has 3 rings (SSSR count). The third kappa shape index (κ3) is 4.95. The van der Waals surface area contributed by atoms with Crippen LogP contribution in [0.2, 0.25) is 0 Å². The van der Waals surface area contributed by atoms with Gasteiger partial charge in [-0.2, -0.15) is 0 Å². The van der Waals surface area contributed by atoms with Crippen molar-refractivity contribution in [2.75, 3.05) is 23.3 Å². The van der Waals surface area contributed by atoms with Crippen molar-refractivity contribution >= 4 is 61.0 Å². The SMILES string of the molecule is O=C(CNC(=O)C1CCN(c2cccc(Br)c2)C1=O)Nc1ccc(Br)cc1. The molecule has 1 aliphatic heterocycles. The molecular weight excluding hydrogens is 478 g/mol. The first kappa shape index (κ1) is 19.6. The Morgan fingerprint density at radius 1 is 1.07 bits per heavy atom. The van der Waals surface area contributed by atoms with Gasteiger partial charge in [0.2, 0.25) is 17.7 Å². The minimum Gasteiger partial charge on any atom is -0.346 e. The monoisotopic (exact) mass is 493 g/mol. The lowest BCUT2D eigenvalue weighted by atomic mass is 10.1. The fourth-order valence-electron chi connectivity index (χ4n) is 2.85. The molecule has 1 aliphatic rings. The van der Waals surface area contributed by atoms with Gasteiger partial charge in [-0.05, 0) is 48.9 Å². The number of amides is 3. The van der Waals surface area contributed by atoms with Gasteiger partial charge in [-0.25, -0.2) is 0 Å². The molecule has 2 N–H and O–H groups in total. The van der Waals surface area contributed by atoms with Crippen LogP contribution < -0.4 is 15.5 Å². The Bertz CT molecular complexity index is 871. The van der Waals surface area contributed by atoms with E-state index in [1.807, 2.05) is 36.4 Å². The van der Waals surface area contributed by atoms with E-state index in [0.29, 0.717) is 18.7 Å². The zero-order valence-corrected chi connectivity index (χ0v) is 17.4. The number of nitrogens with zero attached hydrogens (tertiary/aromatic N) is 1. The van der Waals surface area contributed by atoms with E-state index in [4.69, 9.17) is 0 Å². The van der Waals surface area contributed by atoms with Gasteiger partial charge in [0.15, 0.2) is 0 Å². The van der Waals surface area contributed by atoms with Crippen LogP contribution in [0.15, 0.2) is 57.5 Å². The van der Waals surface area contributed by atoms with Gasteiger partial charge in [0, 0.05) is 26.9 Å². The fourth-order valence-corrected chi connectivity index (χ4v) is 3.50. The minimum absolute atomic E-state index is 0.185. The predicted octanol–water partition coefficient (Wildman–Crippen LogP) is 3.32. The Kier molecular flexibility index (Phi) is 6.28. The van der Waals surface area contributed by atoms with E-state index in [0.717, 1.165) is 14.6 Å². The summed E-state index contributed by atoms with van der Waals surface area (Å²) in [5.74, 6) is -1.80. The average Bonchev–Trinajstić information content (AvgIpc) is 3.03. The summed E-state index contributed by atoms with van der Waals surface area (Å²) in [4.78, 5) is 38.5. The van der Waals surface area contributed by atoms with Crippen molar-refractivity contribution in [3.63, 3.8) is 0 Å². The van der Waals surface area contributed by atoms with Gasteiger partial charge in [0.05, 0.1) is 6.54 Å². The molecule has 1 unspecified atom stereocenters. The third-order valence-corrected chi connectivity index (χ3v) is 5.21. The first-order valence-corrected chi connectivity index (χ1v) is 9.93. The van der Waals surface area contributed by atoms with Crippen molar-refractivity contribution < 1.29 is 14.4 Å². The molecule has 1 atom stereocenters. The molecular formula is C19H17Br2N3O3. The number of nitrogens with one attached hydrogen (secondary N) is 2. The quantitative estimate of drug-likeness (QED) is 0.626. The summed E-state index contributed by atoms with van der Waals surface area (Å²) >= 11 is 6.70. The lowest BCUT2D eigenvalue weighted by Crippen LogP contribution is -2.40. The van der Waals surface area contributed by atoms with Crippen LogP contribution >= 0.6 is 31.9 Å². The van der Waals surface area contributed by atoms with Crippen LogP contribution in [0.1, 0.15) is 6.42 Å².